The lowest BCUT2D eigenvalue weighted by atomic mass is 10.0. The number of benzene rings is 2. The summed E-state index contributed by atoms with van der Waals surface area (Å²) in [6, 6.07) is 28.2. The molecule has 2 aromatic carbocycles. The van der Waals surface area contributed by atoms with Crippen molar-refractivity contribution >= 4 is 0 Å². The summed E-state index contributed by atoms with van der Waals surface area (Å²) in [6.07, 6.45) is 82.2. The Labute approximate surface area is 652 Å². The van der Waals surface area contributed by atoms with E-state index in [0.29, 0.717) is 0 Å². The number of pyridine rings is 1. The van der Waals surface area contributed by atoms with Crippen LogP contribution in [0.4, 0.5) is 0 Å². The molecule has 574 valence electrons. The topological polar surface area (TPSA) is 3.88 Å². The third-order valence-corrected chi connectivity index (χ3v) is 20.2. The Bertz CT molecular complexity index is 1870. The molecule has 0 saturated carbocycles. The third-order valence-electron chi connectivity index (χ3n) is 20.2. The van der Waals surface area contributed by atoms with Gasteiger partial charge in [-0.05, 0) is 51.9 Å². The van der Waals surface area contributed by atoms with Crippen molar-refractivity contribution in [1.29, 1.82) is 0 Å². The van der Waals surface area contributed by atoms with Crippen LogP contribution in [-0.4, -0.2) is 81.9 Å². The van der Waals surface area contributed by atoms with Crippen molar-refractivity contribution in [3.63, 3.8) is 0 Å². The van der Waals surface area contributed by atoms with E-state index in [2.05, 4.69) is 173 Å². The van der Waals surface area contributed by atoms with Gasteiger partial charge >= 0.3 is 0 Å². The van der Waals surface area contributed by atoms with E-state index in [1.54, 1.807) is 0 Å². The molecule has 0 radical (unpaired) electrons. The summed E-state index contributed by atoms with van der Waals surface area (Å²) in [5.41, 5.74) is 2.92. The molecule has 0 aliphatic rings. The molecule has 0 aliphatic carbocycles. The van der Waals surface area contributed by atoms with E-state index in [1.807, 2.05) is 0 Å². The molecule has 0 bridgehead atoms. The maximum absolute atomic E-state index is 2.37. The number of nitrogens with zero attached hydrogens (tertiary/aromatic N) is 4. The monoisotopic (exact) mass is 1610 g/mol. The predicted molar refractivity (Wildman–Crippen MR) is 420 cm³/mol. The van der Waals surface area contributed by atoms with E-state index in [9.17, 15) is 0 Å². The lowest BCUT2D eigenvalue weighted by molar-refractivity contribution is -0.903. The van der Waals surface area contributed by atoms with Crippen LogP contribution in [0.2, 0.25) is 0 Å². The molecule has 3 aromatic rings. The highest BCUT2D eigenvalue weighted by Gasteiger charge is 2.17. The predicted octanol–water partition coefficient (Wildman–Crippen LogP) is 15.7. The van der Waals surface area contributed by atoms with Gasteiger partial charge in [-0.3, -0.25) is 0 Å². The van der Waals surface area contributed by atoms with Crippen LogP contribution in [0, 0.1) is 0 Å². The quantitative estimate of drug-likeness (QED) is 0.0301. The number of quaternary nitrogens is 3. The van der Waals surface area contributed by atoms with Crippen molar-refractivity contribution in [2.45, 2.75) is 401 Å². The van der Waals surface area contributed by atoms with Crippen LogP contribution >= 0.6 is 0 Å². The SMILES string of the molecule is CCCCCCCCCCCCCCCC[N+](C)(C)CC.CCCCCCCCCCCCCCCC[N+](C)(C)Cc1ccccc1.CCCCCCCCCCCCCCCC[n+]1ccccc1.CCCCCCCCCCCCCC[N+](C)(C)Cc1ccccc1.[Br-].[Br-].[Br-].[Br-]. The molecule has 1 heterocycles. The molecule has 0 unspecified atom stereocenters. The van der Waals surface area contributed by atoms with Gasteiger partial charge in [0.05, 0.1) is 68.5 Å². The first kappa shape index (κ1) is 105. The fourth-order valence-electron chi connectivity index (χ4n) is 13.4. The zero-order chi connectivity index (χ0) is 68.0. The molecule has 0 amide bonds. The second-order valence-corrected chi connectivity index (χ2v) is 31.4. The Hall–Kier alpha value is -0.610. The molecule has 4 nitrogen and oxygen atoms in total. The van der Waals surface area contributed by atoms with E-state index < -0.39 is 0 Å². The van der Waals surface area contributed by atoms with Crippen LogP contribution < -0.4 is 72.5 Å². The number of rotatable bonds is 63. The van der Waals surface area contributed by atoms with Crippen LogP contribution in [0.1, 0.15) is 392 Å². The van der Waals surface area contributed by atoms with Crippen molar-refractivity contribution in [2.75, 3.05) is 68.5 Å². The minimum atomic E-state index is 0. The van der Waals surface area contributed by atoms with Gasteiger partial charge in [0.25, 0.3) is 0 Å². The highest BCUT2D eigenvalue weighted by atomic mass is 79.9. The summed E-state index contributed by atoms with van der Waals surface area (Å²) in [5, 5.41) is 0. The van der Waals surface area contributed by atoms with Crippen molar-refractivity contribution in [2.24, 2.45) is 0 Å². The van der Waals surface area contributed by atoms with Gasteiger partial charge in [-0.2, -0.15) is 0 Å². The van der Waals surface area contributed by atoms with Crippen LogP contribution in [0.3, 0.4) is 0 Å². The molecular weight excluding hydrogens is 1440 g/mol. The molecule has 97 heavy (non-hydrogen) atoms. The Kier molecular flexibility index (Phi) is 87.8. The summed E-state index contributed by atoms with van der Waals surface area (Å²) in [7, 11) is 14.2. The summed E-state index contributed by atoms with van der Waals surface area (Å²) in [6.45, 7) is 20.2. The molecule has 0 aliphatic heterocycles. The Morgan fingerprint density at radius 2 is 0.402 bits per heavy atom. The molecule has 0 N–H and O–H groups in total. The lowest BCUT2D eigenvalue weighted by Crippen LogP contribution is -3.00. The minimum Gasteiger partial charge on any atom is -1.00 e. The van der Waals surface area contributed by atoms with Gasteiger partial charge in [-0.1, -0.05) is 390 Å². The average molecular weight is 1620 g/mol. The Morgan fingerprint density at radius 3 is 0.619 bits per heavy atom. The van der Waals surface area contributed by atoms with Crippen molar-refractivity contribution in [3.8, 4) is 0 Å². The number of aryl methyl sites for hydroxylation is 1. The first-order chi connectivity index (χ1) is 45.3. The molecule has 0 fully saturated rings. The molecule has 0 atom stereocenters. The van der Waals surface area contributed by atoms with E-state index in [-0.39, 0.29) is 67.9 Å². The second kappa shape index (κ2) is 81.1. The molecule has 1 aromatic heterocycles. The van der Waals surface area contributed by atoms with Gasteiger partial charge in [-0.15, -0.1) is 0 Å². The van der Waals surface area contributed by atoms with E-state index in [4.69, 9.17) is 0 Å². The van der Waals surface area contributed by atoms with Gasteiger partial charge < -0.3 is 81.4 Å². The Balaban J connectivity index is -0.000000384. The number of aromatic nitrogens is 1. The number of hydrogen-bond acceptors (Lipinski definition) is 0. The van der Waals surface area contributed by atoms with Crippen LogP contribution in [0.25, 0.3) is 0 Å². The number of unbranched alkanes of at least 4 members (excludes halogenated alkanes) is 50. The van der Waals surface area contributed by atoms with Crippen molar-refractivity contribution in [3.05, 3.63) is 102 Å². The van der Waals surface area contributed by atoms with Crippen molar-refractivity contribution < 1.29 is 85.9 Å². The highest BCUT2D eigenvalue weighted by Crippen LogP contribution is 2.19. The molecule has 3 rings (SSSR count). The summed E-state index contributed by atoms with van der Waals surface area (Å²) >= 11 is 0. The summed E-state index contributed by atoms with van der Waals surface area (Å²) in [5.74, 6) is 0. The largest absolute Gasteiger partial charge is 1.00 e. The molecule has 0 saturated heterocycles. The van der Waals surface area contributed by atoms with Gasteiger partial charge in [-0.25, -0.2) is 4.57 Å². The molecule has 8 heteroatoms. The number of halogens is 4. The lowest BCUT2D eigenvalue weighted by Gasteiger charge is -2.30. The van der Waals surface area contributed by atoms with Crippen molar-refractivity contribution in [1.82, 2.24) is 0 Å². The fourth-order valence-corrected chi connectivity index (χ4v) is 13.4. The van der Waals surface area contributed by atoms with E-state index in [1.165, 1.54) is 395 Å². The van der Waals surface area contributed by atoms with Crippen LogP contribution in [0.5, 0.6) is 0 Å². The maximum Gasteiger partial charge on any atom is 0.168 e. The fraction of sp³-hybridized carbons (Fsp3) is 0.809. The van der Waals surface area contributed by atoms with Gasteiger partial charge in [0.2, 0.25) is 0 Å². The summed E-state index contributed by atoms with van der Waals surface area (Å²) < 4.78 is 5.71. The zero-order valence-electron chi connectivity index (χ0n) is 67.1. The van der Waals surface area contributed by atoms with Gasteiger partial charge in [0.1, 0.15) is 19.6 Å². The third kappa shape index (κ3) is 80.9. The highest BCUT2D eigenvalue weighted by molar-refractivity contribution is 5.14. The smallest absolute Gasteiger partial charge is 0.168 e. The minimum absolute atomic E-state index is 0. The van der Waals surface area contributed by atoms with E-state index in [0.717, 1.165) is 22.1 Å². The molecular formula is C89H170Br4N4. The Morgan fingerprint density at radius 1 is 0.216 bits per heavy atom. The average Bonchev–Trinajstić information content (AvgIpc) is 1.25. The summed E-state index contributed by atoms with van der Waals surface area (Å²) in [4.78, 5) is 0. The zero-order valence-corrected chi connectivity index (χ0v) is 73.4. The molecule has 0 spiro atoms. The van der Waals surface area contributed by atoms with Gasteiger partial charge in [0, 0.05) is 29.7 Å². The first-order valence-electron chi connectivity index (χ1n) is 41.8. The normalized spacial score (nSPS) is 11.2. The number of hydrogen-bond donors (Lipinski definition) is 0. The maximum atomic E-state index is 2.37. The second-order valence-electron chi connectivity index (χ2n) is 31.4. The standard InChI is InChI=1S/C25H46N.C23H42N.C21H38N.C20H44N.4BrH/c1-4-5-6-7-8-9-10-11-12-13-14-15-16-20-23-26(2,3)24-25-21-18-17-19-22-25;1-4-5-6-7-8-9-10-11-12-13-14-18-21-24(2,3)22-23-19-16-15-17-20-23;1-2-3-4-5-6-7-8-9-10-11-12-13-14-16-19-22-20-17-15-18-21-22;1-5-7-8-9-10-11-12-13-14-15-16-17-18-19-20-21(3,4)6-2;;;;/h17-19,21-22H,4-16,20,23-24H2,1-3H3;15-17,19-20H,4-14,18,21-22H2,1-3H3;15,17-18,20-21H,2-14,16,19H2,1H3;5-20H2,1-4H3;4*1H/q4*+1;;;;/p-4. The van der Waals surface area contributed by atoms with E-state index >= 15 is 0 Å². The van der Waals surface area contributed by atoms with Crippen LogP contribution in [-0.2, 0) is 19.6 Å². The van der Waals surface area contributed by atoms with Gasteiger partial charge in [0.15, 0.2) is 12.4 Å². The van der Waals surface area contributed by atoms with Crippen LogP contribution in [0.15, 0.2) is 91.3 Å². The first-order valence-corrected chi connectivity index (χ1v) is 41.8.